The number of amides is 2. The topological polar surface area (TPSA) is 79.7 Å². The zero-order chi connectivity index (χ0) is 27.5. The van der Waals surface area contributed by atoms with E-state index in [1.807, 2.05) is 34.5 Å². The smallest absolute Gasteiger partial charge is 0.243 e. The van der Waals surface area contributed by atoms with Gasteiger partial charge >= 0.3 is 0 Å². The Morgan fingerprint density at radius 2 is 1.87 bits per heavy atom. The molecular formula is C32H39N3O4. The van der Waals surface area contributed by atoms with Crippen molar-refractivity contribution in [2.75, 3.05) is 13.6 Å². The summed E-state index contributed by atoms with van der Waals surface area (Å²) in [5, 5.41) is 0.927. The van der Waals surface area contributed by atoms with E-state index in [0.717, 1.165) is 35.7 Å². The molecule has 0 unspecified atom stereocenters. The van der Waals surface area contributed by atoms with E-state index in [1.54, 1.807) is 6.92 Å². The van der Waals surface area contributed by atoms with Crippen LogP contribution < -0.4 is 0 Å². The summed E-state index contributed by atoms with van der Waals surface area (Å²) in [6.45, 7) is 4.12. The summed E-state index contributed by atoms with van der Waals surface area (Å²) in [6, 6.07) is 3.95. The van der Waals surface area contributed by atoms with E-state index in [9.17, 15) is 19.2 Å². The van der Waals surface area contributed by atoms with E-state index < -0.39 is 6.04 Å². The summed E-state index contributed by atoms with van der Waals surface area (Å²) < 4.78 is 1.96. The van der Waals surface area contributed by atoms with Gasteiger partial charge in [-0.2, -0.15) is 0 Å². The third-order valence-electron chi connectivity index (χ3n) is 9.48. The molecule has 0 radical (unpaired) electrons. The number of carbonyl (C=O) groups excluding carboxylic acids is 4. The number of Topliss-reactive ketones (excluding diaryl/α,β-unsaturated/α-hetero) is 2. The summed E-state index contributed by atoms with van der Waals surface area (Å²) in [5.74, 6) is 0.670. The lowest BCUT2D eigenvalue weighted by Crippen LogP contribution is -2.44. The highest BCUT2D eigenvalue weighted by Crippen LogP contribution is 2.60. The fourth-order valence-corrected chi connectivity index (χ4v) is 7.17. The minimum absolute atomic E-state index is 0.00287. The first-order valence-electron chi connectivity index (χ1n) is 14.6. The molecule has 3 fully saturated rings. The Bertz CT molecular complexity index is 1400. The van der Waals surface area contributed by atoms with Gasteiger partial charge in [0, 0.05) is 55.0 Å². The van der Waals surface area contributed by atoms with Gasteiger partial charge in [0.25, 0.3) is 0 Å². The Labute approximate surface area is 230 Å². The summed E-state index contributed by atoms with van der Waals surface area (Å²) in [4.78, 5) is 56.3. The van der Waals surface area contributed by atoms with Crippen LogP contribution in [0.1, 0.15) is 92.6 Å². The third-order valence-corrected chi connectivity index (χ3v) is 9.48. The van der Waals surface area contributed by atoms with Crippen LogP contribution in [0, 0.1) is 5.41 Å². The van der Waals surface area contributed by atoms with Gasteiger partial charge in [-0.05, 0) is 75.0 Å². The summed E-state index contributed by atoms with van der Waals surface area (Å²) in [7, 11) is 1.85. The van der Waals surface area contributed by atoms with Gasteiger partial charge in [-0.25, -0.2) is 0 Å². The molecule has 39 heavy (non-hydrogen) atoms. The fraction of sp³-hybridized carbons (Fsp3) is 0.562. The van der Waals surface area contributed by atoms with Gasteiger partial charge in [0.2, 0.25) is 11.8 Å². The van der Waals surface area contributed by atoms with E-state index >= 15 is 0 Å². The lowest BCUT2D eigenvalue weighted by Gasteiger charge is -2.27. The number of ketones is 2. The Balaban J connectivity index is 1.44. The molecule has 0 N–H and O–H groups in total. The van der Waals surface area contributed by atoms with Gasteiger partial charge in [-0.15, -0.1) is 0 Å². The Morgan fingerprint density at radius 1 is 1.08 bits per heavy atom. The normalized spacial score (nSPS) is 28.4. The number of benzene rings is 1. The Morgan fingerprint density at radius 3 is 2.59 bits per heavy atom. The molecule has 206 valence electrons. The predicted octanol–water partition coefficient (Wildman–Crippen LogP) is 4.80. The molecule has 2 aliphatic heterocycles. The van der Waals surface area contributed by atoms with E-state index in [4.69, 9.17) is 0 Å². The molecule has 1 aromatic heterocycles. The Kier molecular flexibility index (Phi) is 6.51. The minimum atomic E-state index is -0.443. The van der Waals surface area contributed by atoms with Crippen molar-refractivity contribution in [2.45, 2.75) is 96.2 Å². The number of hydrogen-bond acceptors (Lipinski definition) is 4. The van der Waals surface area contributed by atoms with Crippen molar-refractivity contribution in [3.05, 3.63) is 47.2 Å². The highest BCUT2D eigenvalue weighted by atomic mass is 16.2. The van der Waals surface area contributed by atoms with Crippen molar-refractivity contribution in [3.63, 3.8) is 0 Å². The number of carbonyl (C=O) groups is 4. The van der Waals surface area contributed by atoms with Gasteiger partial charge in [-0.3, -0.25) is 19.2 Å². The average Bonchev–Trinajstić information content (AvgIpc) is 3.81. The molecule has 2 aliphatic carbocycles. The fourth-order valence-electron chi connectivity index (χ4n) is 7.17. The molecule has 2 amide bonds. The monoisotopic (exact) mass is 529 g/mol. The molecular weight excluding hydrogens is 490 g/mol. The number of hydrogen-bond donors (Lipinski definition) is 0. The van der Waals surface area contributed by atoms with Crippen molar-refractivity contribution in [2.24, 2.45) is 5.41 Å². The maximum Gasteiger partial charge on any atom is 0.243 e. The summed E-state index contributed by atoms with van der Waals surface area (Å²) >= 11 is 0. The van der Waals surface area contributed by atoms with E-state index in [0.29, 0.717) is 43.7 Å². The first kappa shape index (κ1) is 26.0. The van der Waals surface area contributed by atoms with Crippen LogP contribution in [0.25, 0.3) is 10.9 Å². The van der Waals surface area contributed by atoms with Crippen LogP contribution in [0.4, 0.5) is 0 Å². The maximum atomic E-state index is 14.0. The standard InChI is InChI=1S/C32H39N3O4/c1-4-27(37)26-15-32-16-28(32)35(26)30(39)18-34-17-25(20(2)36)24-14-23(21-11-12-21)13-22(31(24)34)9-7-5-6-8-10-29(38)33(3)19-32/h5,7,13-14,17,21,26,28H,4,6,8-12,15-16,18-19H2,1-3H3/b7-5+/t26-,28+,32-/m0/s1. The summed E-state index contributed by atoms with van der Waals surface area (Å²) in [6.07, 6.45) is 13.1. The first-order chi connectivity index (χ1) is 18.7. The highest BCUT2D eigenvalue weighted by molar-refractivity contribution is 6.08. The minimum Gasteiger partial charge on any atom is -0.345 e. The first-order valence-corrected chi connectivity index (χ1v) is 14.6. The number of nitrogens with zero attached hydrogens (tertiary/aromatic N) is 3. The SMILES string of the molecule is CCC(=O)[C@@H]1C[C@@]23C[C@H]2N1C(=O)Cn1cc(C(C)=O)c2cc(C4CC4)cc(c21)C/C=C/CCCC(=O)N(C)C3. The average molecular weight is 530 g/mol. The molecule has 7 heteroatoms. The van der Waals surface area contributed by atoms with Crippen molar-refractivity contribution >= 4 is 34.3 Å². The molecule has 0 spiro atoms. The van der Waals surface area contributed by atoms with Crippen LogP contribution in [0.2, 0.25) is 0 Å². The quantitative estimate of drug-likeness (QED) is 0.421. The number of piperidine rings is 1. The largest absolute Gasteiger partial charge is 0.345 e. The van der Waals surface area contributed by atoms with E-state index in [-0.39, 0.29) is 41.4 Å². The van der Waals surface area contributed by atoms with Crippen molar-refractivity contribution in [1.29, 1.82) is 0 Å². The summed E-state index contributed by atoms with van der Waals surface area (Å²) in [5.41, 5.74) is 3.80. The van der Waals surface area contributed by atoms with Crippen LogP contribution >= 0.6 is 0 Å². The van der Waals surface area contributed by atoms with Gasteiger partial charge in [-0.1, -0.05) is 25.1 Å². The van der Waals surface area contributed by atoms with Gasteiger partial charge in [0.15, 0.2) is 11.6 Å². The second kappa shape index (κ2) is 9.76. The molecule has 3 heterocycles. The second-order valence-electron chi connectivity index (χ2n) is 12.3. The predicted molar refractivity (Wildman–Crippen MR) is 150 cm³/mol. The lowest BCUT2D eigenvalue weighted by atomic mass is 9.95. The number of rotatable bonds is 4. The molecule has 2 bridgehead atoms. The molecule has 4 aliphatic rings. The van der Waals surface area contributed by atoms with Crippen molar-refractivity contribution in [3.8, 4) is 0 Å². The van der Waals surface area contributed by atoms with Crippen LogP contribution in [-0.2, 0) is 27.3 Å². The number of allylic oxidation sites excluding steroid dienone is 2. The van der Waals surface area contributed by atoms with Gasteiger partial charge < -0.3 is 14.4 Å². The van der Waals surface area contributed by atoms with Crippen LogP contribution in [0.3, 0.4) is 0 Å². The third kappa shape index (κ3) is 4.64. The van der Waals surface area contributed by atoms with Crippen molar-refractivity contribution < 1.29 is 19.2 Å². The molecule has 6 rings (SSSR count). The second-order valence-corrected chi connectivity index (χ2v) is 12.3. The van der Waals surface area contributed by atoms with Crippen molar-refractivity contribution in [1.82, 2.24) is 14.4 Å². The Hall–Kier alpha value is -3.22. The molecule has 1 aromatic carbocycles. The zero-order valence-corrected chi connectivity index (χ0v) is 23.4. The molecule has 1 saturated heterocycles. The van der Waals surface area contributed by atoms with E-state index in [2.05, 4.69) is 24.3 Å². The zero-order valence-electron chi connectivity index (χ0n) is 23.4. The number of aromatic nitrogens is 1. The van der Waals surface area contributed by atoms with Crippen LogP contribution in [-0.4, -0.2) is 63.4 Å². The molecule has 2 saturated carbocycles. The highest BCUT2D eigenvalue weighted by Gasteiger charge is 2.67. The van der Waals surface area contributed by atoms with Gasteiger partial charge in [0.1, 0.15) is 6.54 Å². The lowest BCUT2D eigenvalue weighted by molar-refractivity contribution is -0.139. The van der Waals surface area contributed by atoms with E-state index in [1.165, 1.54) is 18.4 Å². The molecule has 7 nitrogen and oxygen atoms in total. The van der Waals surface area contributed by atoms with Crippen LogP contribution in [0.5, 0.6) is 0 Å². The van der Waals surface area contributed by atoms with Gasteiger partial charge in [0.05, 0.1) is 11.6 Å². The molecule has 2 aromatic rings. The molecule has 3 atom stereocenters. The van der Waals surface area contributed by atoms with Crippen LogP contribution in [0.15, 0.2) is 30.5 Å². The maximum absolute atomic E-state index is 14.0.